The van der Waals surface area contributed by atoms with Crippen LogP contribution in [0.1, 0.15) is 42.6 Å². The molecule has 0 amide bonds. The number of nitrogens with two attached hydrogens (primary N) is 1. The van der Waals surface area contributed by atoms with E-state index in [0.29, 0.717) is 0 Å². The topological polar surface area (TPSA) is 52.0 Å². The highest BCUT2D eigenvalue weighted by Crippen LogP contribution is 2.43. The largest absolute Gasteiger partial charge is 0.459 e. The van der Waals surface area contributed by atoms with Crippen LogP contribution in [0.4, 0.5) is 0 Å². The first kappa shape index (κ1) is 11.9. The van der Waals surface area contributed by atoms with Crippen molar-refractivity contribution in [1.29, 1.82) is 0 Å². The molecule has 0 spiro atoms. The summed E-state index contributed by atoms with van der Waals surface area (Å²) < 4.78 is 5.64. The fourth-order valence-corrected chi connectivity index (χ4v) is 3.69. The summed E-state index contributed by atoms with van der Waals surface area (Å²) in [5, 5.41) is 0.959. The fourth-order valence-electron chi connectivity index (χ4n) is 2.65. The van der Waals surface area contributed by atoms with Gasteiger partial charge in [0.15, 0.2) is 10.8 Å². The van der Waals surface area contributed by atoms with Crippen molar-refractivity contribution in [2.45, 2.75) is 39.7 Å². The Morgan fingerprint density at radius 3 is 2.89 bits per heavy atom. The predicted octanol–water partition coefficient (Wildman–Crippen LogP) is 3.68. The van der Waals surface area contributed by atoms with Crippen LogP contribution in [0, 0.1) is 12.3 Å². The Morgan fingerprint density at radius 1 is 1.44 bits per heavy atom. The first-order valence-corrected chi connectivity index (χ1v) is 7.08. The molecule has 0 bridgehead atoms. The van der Waals surface area contributed by atoms with Crippen molar-refractivity contribution in [3.63, 3.8) is 0 Å². The lowest BCUT2D eigenvalue weighted by molar-refractivity contribution is 0.282. The number of fused-ring (bicyclic) bond motifs is 1. The molecule has 2 aromatic rings. The van der Waals surface area contributed by atoms with Crippen LogP contribution in [0.15, 0.2) is 16.5 Å². The molecule has 2 heterocycles. The van der Waals surface area contributed by atoms with Crippen LogP contribution in [0.2, 0.25) is 0 Å². The van der Waals surface area contributed by atoms with E-state index in [-0.39, 0.29) is 11.5 Å². The third-order valence-electron chi connectivity index (χ3n) is 3.43. The lowest BCUT2D eigenvalue weighted by Gasteiger charge is -2.32. The molecule has 0 radical (unpaired) electrons. The summed E-state index contributed by atoms with van der Waals surface area (Å²) in [5.74, 6) is 1.78. The summed E-state index contributed by atoms with van der Waals surface area (Å²) in [7, 11) is 0. The summed E-state index contributed by atoms with van der Waals surface area (Å²) in [6, 6.07) is 4.07. The molecule has 0 aliphatic heterocycles. The van der Waals surface area contributed by atoms with E-state index in [2.05, 4.69) is 13.8 Å². The summed E-state index contributed by atoms with van der Waals surface area (Å²) in [5.41, 5.74) is 7.67. The second-order valence-corrected chi connectivity index (χ2v) is 6.92. The lowest BCUT2D eigenvalue weighted by Crippen LogP contribution is -2.28. The van der Waals surface area contributed by atoms with Gasteiger partial charge in [-0.1, -0.05) is 13.8 Å². The van der Waals surface area contributed by atoms with Crippen LogP contribution >= 0.6 is 11.3 Å². The summed E-state index contributed by atoms with van der Waals surface area (Å²) in [6.07, 6.45) is 2.03. The number of nitrogens with zero attached hydrogens (tertiary/aromatic N) is 1. The van der Waals surface area contributed by atoms with Gasteiger partial charge in [-0.25, -0.2) is 4.98 Å². The molecule has 18 heavy (non-hydrogen) atoms. The smallest absolute Gasteiger partial charge is 0.162 e. The van der Waals surface area contributed by atoms with Crippen LogP contribution in [0.25, 0.3) is 10.8 Å². The second kappa shape index (κ2) is 3.93. The van der Waals surface area contributed by atoms with Crippen LogP contribution in [-0.2, 0) is 6.42 Å². The van der Waals surface area contributed by atoms with Gasteiger partial charge in [-0.2, -0.15) is 0 Å². The van der Waals surface area contributed by atoms with E-state index in [9.17, 15) is 0 Å². The van der Waals surface area contributed by atoms with Gasteiger partial charge in [-0.05, 0) is 37.3 Å². The molecule has 2 aromatic heterocycles. The Labute approximate surface area is 111 Å². The molecule has 1 aliphatic carbocycles. The Hall–Kier alpha value is -1.13. The Balaban J connectivity index is 2.02. The van der Waals surface area contributed by atoms with Gasteiger partial charge in [0.25, 0.3) is 0 Å². The maximum absolute atomic E-state index is 6.26. The third-order valence-corrected chi connectivity index (χ3v) is 4.68. The molecule has 2 N–H and O–H groups in total. The van der Waals surface area contributed by atoms with Crippen LogP contribution < -0.4 is 5.73 Å². The number of furan rings is 1. The van der Waals surface area contributed by atoms with E-state index in [0.717, 1.165) is 35.1 Å². The molecular weight excluding hydrogens is 244 g/mol. The zero-order chi connectivity index (χ0) is 12.9. The lowest BCUT2D eigenvalue weighted by atomic mass is 9.77. The molecule has 0 fully saturated rings. The Bertz CT molecular complexity index is 582. The summed E-state index contributed by atoms with van der Waals surface area (Å²) in [6.45, 7) is 6.46. The molecule has 3 rings (SSSR count). The molecule has 4 heteroatoms. The van der Waals surface area contributed by atoms with Crippen molar-refractivity contribution >= 4 is 11.3 Å². The van der Waals surface area contributed by atoms with Crippen LogP contribution in [0.5, 0.6) is 0 Å². The molecule has 0 saturated heterocycles. The zero-order valence-electron chi connectivity index (χ0n) is 11.0. The van der Waals surface area contributed by atoms with Crippen LogP contribution in [-0.4, -0.2) is 4.98 Å². The maximum Gasteiger partial charge on any atom is 0.162 e. The maximum atomic E-state index is 6.26. The van der Waals surface area contributed by atoms with Crippen molar-refractivity contribution in [3.8, 4) is 10.8 Å². The van der Waals surface area contributed by atoms with Gasteiger partial charge in [0.05, 0.1) is 5.69 Å². The Kier molecular flexibility index (Phi) is 2.61. The van der Waals surface area contributed by atoms with Crippen molar-refractivity contribution < 1.29 is 4.42 Å². The minimum Gasteiger partial charge on any atom is -0.459 e. The fraction of sp³-hybridized carbons (Fsp3) is 0.500. The van der Waals surface area contributed by atoms with Gasteiger partial charge in [0, 0.05) is 10.9 Å². The number of aryl methyl sites for hydroxylation is 1. The van der Waals surface area contributed by atoms with Gasteiger partial charge in [0.2, 0.25) is 0 Å². The number of aromatic nitrogens is 1. The molecule has 96 valence electrons. The van der Waals surface area contributed by atoms with E-state index in [1.165, 1.54) is 4.88 Å². The average Bonchev–Trinajstić information content (AvgIpc) is 2.82. The molecule has 1 unspecified atom stereocenters. The van der Waals surface area contributed by atoms with Gasteiger partial charge < -0.3 is 10.2 Å². The normalized spacial score (nSPS) is 21.9. The van der Waals surface area contributed by atoms with E-state index < -0.39 is 0 Å². The summed E-state index contributed by atoms with van der Waals surface area (Å²) >= 11 is 1.68. The monoisotopic (exact) mass is 262 g/mol. The van der Waals surface area contributed by atoms with E-state index >= 15 is 0 Å². The molecular formula is C14H18N2OS. The molecule has 0 aromatic carbocycles. The highest BCUT2D eigenvalue weighted by Gasteiger charge is 2.33. The molecule has 1 aliphatic rings. The first-order chi connectivity index (χ1) is 8.44. The van der Waals surface area contributed by atoms with Gasteiger partial charge >= 0.3 is 0 Å². The standard InChI is InChI=1S/C14H18N2OS/c1-8-4-5-11(17-8)13-16-10-7-14(2,3)6-9(15)12(10)18-13/h4-5,9H,6-7,15H2,1-3H3. The summed E-state index contributed by atoms with van der Waals surface area (Å²) in [4.78, 5) is 5.96. The minimum absolute atomic E-state index is 0.117. The highest BCUT2D eigenvalue weighted by atomic mass is 32.1. The van der Waals surface area contributed by atoms with Gasteiger partial charge in [-0.3, -0.25) is 0 Å². The Morgan fingerprint density at radius 2 is 2.22 bits per heavy atom. The SMILES string of the molecule is Cc1ccc(-c2nc3c(s2)C(N)CC(C)(C)C3)o1. The first-order valence-electron chi connectivity index (χ1n) is 6.27. The number of thiazole rings is 1. The minimum atomic E-state index is 0.117. The predicted molar refractivity (Wildman–Crippen MR) is 73.6 cm³/mol. The number of rotatable bonds is 1. The van der Waals surface area contributed by atoms with Crippen molar-refractivity contribution in [3.05, 3.63) is 28.5 Å². The van der Waals surface area contributed by atoms with Crippen molar-refractivity contribution in [2.75, 3.05) is 0 Å². The van der Waals surface area contributed by atoms with Gasteiger partial charge in [-0.15, -0.1) is 11.3 Å². The van der Waals surface area contributed by atoms with E-state index in [1.807, 2.05) is 19.1 Å². The molecule has 3 nitrogen and oxygen atoms in total. The quantitative estimate of drug-likeness (QED) is 0.852. The van der Waals surface area contributed by atoms with Crippen LogP contribution in [0.3, 0.4) is 0 Å². The average molecular weight is 262 g/mol. The van der Waals surface area contributed by atoms with Crippen molar-refractivity contribution in [1.82, 2.24) is 4.98 Å². The zero-order valence-corrected chi connectivity index (χ0v) is 11.8. The van der Waals surface area contributed by atoms with E-state index in [4.69, 9.17) is 15.1 Å². The van der Waals surface area contributed by atoms with E-state index in [1.54, 1.807) is 11.3 Å². The number of hydrogen-bond acceptors (Lipinski definition) is 4. The highest BCUT2D eigenvalue weighted by molar-refractivity contribution is 7.15. The third kappa shape index (κ3) is 1.99. The second-order valence-electron chi connectivity index (χ2n) is 5.89. The van der Waals surface area contributed by atoms with Crippen molar-refractivity contribution in [2.24, 2.45) is 11.1 Å². The van der Waals surface area contributed by atoms with Gasteiger partial charge in [0.1, 0.15) is 5.76 Å². The molecule has 1 atom stereocenters. The molecule has 0 saturated carbocycles. The number of hydrogen-bond donors (Lipinski definition) is 1.